The Labute approximate surface area is 73.0 Å². The Kier molecular flexibility index (Phi) is 2.59. The fraction of sp³-hybridized carbons (Fsp3) is 0.200. The van der Waals surface area contributed by atoms with Gasteiger partial charge in [0.25, 0.3) is 0 Å². The zero-order chi connectivity index (χ0) is 7.56. The zero-order valence-corrected chi connectivity index (χ0v) is 7.39. The molecule has 0 spiro atoms. The maximum atomic E-state index is 5.57. The molecule has 0 saturated heterocycles. The molecule has 1 heterocycles. The molecule has 1 rings (SSSR count). The molecule has 0 bridgehead atoms. The molecule has 5 heteroatoms. The van der Waals surface area contributed by atoms with E-state index in [1.807, 2.05) is 0 Å². The summed E-state index contributed by atoms with van der Waals surface area (Å²) in [4.78, 5) is 5.32. The molecule has 0 amide bonds. The van der Waals surface area contributed by atoms with Crippen LogP contribution in [0.3, 0.4) is 0 Å². The van der Waals surface area contributed by atoms with E-state index in [4.69, 9.17) is 29.6 Å². The maximum absolute atomic E-state index is 5.57. The minimum atomic E-state index is 0.473. The number of nitrogens with two attached hydrogens (primary N) is 1. The first-order valence-corrected chi connectivity index (χ1v) is 4.17. The van der Waals surface area contributed by atoms with Crippen LogP contribution in [0.2, 0.25) is 4.47 Å². The molecule has 0 atom stereocenters. The van der Waals surface area contributed by atoms with Crippen molar-refractivity contribution in [2.45, 2.75) is 6.42 Å². The van der Waals surface area contributed by atoms with E-state index in [0.29, 0.717) is 15.9 Å². The van der Waals surface area contributed by atoms with Gasteiger partial charge in [-0.15, -0.1) is 11.3 Å². The molecule has 0 aromatic carbocycles. The summed E-state index contributed by atoms with van der Waals surface area (Å²) < 4.78 is 0.534. The lowest BCUT2D eigenvalue weighted by molar-refractivity contribution is 1.33. The number of nitrogens with zero attached hydrogens (tertiary/aromatic N) is 1. The van der Waals surface area contributed by atoms with Gasteiger partial charge in [0.2, 0.25) is 0 Å². The van der Waals surface area contributed by atoms with E-state index in [9.17, 15) is 0 Å². The summed E-state index contributed by atoms with van der Waals surface area (Å²) in [5, 5.41) is 0. The molecule has 0 fully saturated rings. The fourth-order valence-electron chi connectivity index (χ4n) is 0.537. The van der Waals surface area contributed by atoms with Gasteiger partial charge < -0.3 is 5.73 Å². The van der Waals surface area contributed by atoms with Crippen molar-refractivity contribution < 1.29 is 0 Å². The molecule has 1 aromatic rings. The molecule has 0 aliphatic heterocycles. The van der Waals surface area contributed by atoms with Crippen LogP contribution in [-0.2, 0) is 6.42 Å². The van der Waals surface area contributed by atoms with Crippen LogP contribution < -0.4 is 5.73 Å². The fourth-order valence-corrected chi connectivity index (χ4v) is 1.78. The van der Waals surface area contributed by atoms with Crippen molar-refractivity contribution in [2.75, 3.05) is 0 Å². The monoisotopic (exact) mass is 192 g/mol. The SMILES string of the molecule is NC(=S)Cc1cnc(Cl)s1. The van der Waals surface area contributed by atoms with Crippen molar-refractivity contribution in [3.05, 3.63) is 15.5 Å². The average molecular weight is 193 g/mol. The number of thiocarbonyl (C=S) groups is 1. The van der Waals surface area contributed by atoms with Crippen LogP contribution in [-0.4, -0.2) is 9.97 Å². The van der Waals surface area contributed by atoms with E-state index in [2.05, 4.69) is 4.98 Å². The highest BCUT2D eigenvalue weighted by molar-refractivity contribution is 7.80. The topological polar surface area (TPSA) is 38.9 Å². The van der Waals surface area contributed by atoms with Crippen molar-refractivity contribution in [1.29, 1.82) is 0 Å². The highest BCUT2D eigenvalue weighted by Gasteiger charge is 1.99. The van der Waals surface area contributed by atoms with Crippen molar-refractivity contribution in [2.24, 2.45) is 5.73 Å². The van der Waals surface area contributed by atoms with Crippen LogP contribution in [0, 0.1) is 0 Å². The minimum absolute atomic E-state index is 0.473. The summed E-state index contributed by atoms with van der Waals surface area (Å²) in [5.41, 5.74) is 5.30. The van der Waals surface area contributed by atoms with Crippen LogP contribution in [0.1, 0.15) is 4.88 Å². The van der Waals surface area contributed by atoms with Crippen molar-refractivity contribution in [1.82, 2.24) is 4.98 Å². The summed E-state index contributed by atoms with van der Waals surface area (Å²) in [6.07, 6.45) is 2.28. The Morgan fingerprint density at radius 3 is 3.00 bits per heavy atom. The zero-order valence-electron chi connectivity index (χ0n) is 5.00. The van der Waals surface area contributed by atoms with E-state index in [1.165, 1.54) is 11.3 Å². The quantitative estimate of drug-likeness (QED) is 0.724. The van der Waals surface area contributed by atoms with E-state index < -0.39 is 0 Å². The molecule has 0 saturated carbocycles. The first kappa shape index (κ1) is 7.91. The van der Waals surface area contributed by atoms with Crippen molar-refractivity contribution in [3.8, 4) is 0 Å². The predicted molar refractivity (Wildman–Crippen MR) is 47.6 cm³/mol. The molecule has 10 heavy (non-hydrogen) atoms. The lowest BCUT2D eigenvalue weighted by atomic mass is 10.4. The molecule has 0 aliphatic rings. The predicted octanol–water partition coefficient (Wildman–Crippen LogP) is 1.63. The first-order valence-electron chi connectivity index (χ1n) is 2.57. The lowest BCUT2D eigenvalue weighted by Gasteiger charge is -1.88. The second kappa shape index (κ2) is 3.27. The Bertz CT molecular complexity index is 246. The van der Waals surface area contributed by atoms with Gasteiger partial charge in [-0.3, -0.25) is 0 Å². The molecule has 0 radical (unpaired) electrons. The van der Waals surface area contributed by atoms with Gasteiger partial charge in [0.1, 0.15) is 0 Å². The van der Waals surface area contributed by atoms with Gasteiger partial charge in [-0.25, -0.2) is 4.98 Å². The molecule has 2 N–H and O–H groups in total. The van der Waals surface area contributed by atoms with Gasteiger partial charge in [0, 0.05) is 17.5 Å². The second-order valence-electron chi connectivity index (χ2n) is 1.72. The lowest BCUT2D eigenvalue weighted by Crippen LogP contribution is -2.09. The van der Waals surface area contributed by atoms with Gasteiger partial charge >= 0.3 is 0 Å². The second-order valence-corrected chi connectivity index (χ2v) is 3.94. The highest BCUT2D eigenvalue weighted by atomic mass is 35.5. The Morgan fingerprint density at radius 2 is 2.60 bits per heavy atom. The van der Waals surface area contributed by atoms with Crippen LogP contribution in [0.25, 0.3) is 0 Å². The van der Waals surface area contributed by atoms with Crippen LogP contribution in [0.4, 0.5) is 0 Å². The van der Waals surface area contributed by atoms with Gasteiger partial charge in [0.15, 0.2) is 4.47 Å². The standard InChI is InChI=1S/C5H5ClN2S2/c6-5-8-2-3(10-5)1-4(7)9/h2H,1H2,(H2,7,9). The number of halogens is 1. The molecule has 0 aliphatic carbocycles. The van der Waals surface area contributed by atoms with E-state index in [-0.39, 0.29) is 0 Å². The van der Waals surface area contributed by atoms with Gasteiger partial charge in [-0.1, -0.05) is 23.8 Å². The third-order valence-electron chi connectivity index (χ3n) is 0.874. The summed E-state index contributed by atoms with van der Waals surface area (Å²) in [7, 11) is 0. The largest absolute Gasteiger partial charge is 0.393 e. The minimum Gasteiger partial charge on any atom is -0.393 e. The molecular weight excluding hydrogens is 188 g/mol. The molecular formula is C5H5ClN2S2. The Morgan fingerprint density at radius 1 is 1.90 bits per heavy atom. The average Bonchev–Trinajstić information content (AvgIpc) is 2.13. The number of hydrogen-bond donors (Lipinski definition) is 1. The number of thiazole rings is 1. The van der Waals surface area contributed by atoms with E-state index in [1.54, 1.807) is 6.20 Å². The van der Waals surface area contributed by atoms with Crippen molar-refractivity contribution in [3.63, 3.8) is 0 Å². The van der Waals surface area contributed by atoms with Gasteiger partial charge in [0.05, 0.1) is 4.99 Å². The number of hydrogen-bond acceptors (Lipinski definition) is 3. The molecule has 54 valence electrons. The summed E-state index contributed by atoms with van der Waals surface area (Å²) >= 11 is 11.7. The smallest absolute Gasteiger partial charge is 0.183 e. The van der Waals surface area contributed by atoms with Gasteiger partial charge in [-0.2, -0.15) is 0 Å². The number of aromatic nitrogens is 1. The maximum Gasteiger partial charge on any atom is 0.183 e. The Balaban J connectivity index is 2.67. The van der Waals surface area contributed by atoms with Crippen LogP contribution >= 0.6 is 35.2 Å². The molecule has 1 aromatic heterocycles. The summed E-state index contributed by atoms with van der Waals surface area (Å²) in [6, 6.07) is 0. The number of rotatable bonds is 2. The van der Waals surface area contributed by atoms with Crippen LogP contribution in [0.5, 0.6) is 0 Å². The summed E-state index contributed by atoms with van der Waals surface area (Å²) in [5.74, 6) is 0. The third-order valence-corrected chi connectivity index (χ3v) is 2.13. The Hall–Kier alpha value is -0.190. The summed E-state index contributed by atoms with van der Waals surface area (Å²) in [6.45, 7) is 0. The molecule has 2 nitrogen and oxygen atoms in total. The van der Waals surface area contributed by atoms with E-state index in [0.717, 1.165) is 4.88 Å². The van der Waals surface area contributed by atoms with Crippen LogP contribution in [0.15, 0.2) is 6.20 Å². The highest BCUT2D eigenvalue weighted by Crippen LogP contribution is 2.17. The third kappa shape index (κ3) is 2.21. The van der Waals surface area contributed by atoms with Crippen molar-refractivity contribution >= 4 is 40.1 Å². The van der Waals surface area contributed by atoms with Gasteiger partial charge in [-0.05, 0) is 0 Å². The van der Waals surface area contributed by atoms with E-state index >= 15 is 0 Å². The molecule has 0 unspecified atom stereocenters. The first-order chi connectivity index (χ1) is 4.68. The normalized spacial score (nSPS) is 9.70.